The average molecular weight is 1300 g/mol. The van der Waals surface area contributed by atoms with Gasteiger partial charge in [-0.3, -0.25) is 35.6 Å². The molecule has 0 bridgehead atoms. The lowest BCUT2D eigenvalue weighted by Crippen LogP contribution is -3.00. The first kappa shape index (κ1) is 89.5. The Morgan fingerprint density at radius 3 is 1.43 bits per heavy atom. The molecule has 2 rings (SSSR count). The SMILES string of the molecule is C=[NH+]C(N)=[NH+]CCCCCCN(CCCCCCN)CC(O)CO.CN(CC(O)CO)CN(CCN)CC[N+](C)(C)C.C[NH+]=C(N)NCCCCCCN(CCCCCCN)CC1CO[B-]2(OCC(CN(C)CN(CCN)CC[N+](C)(C)C)O2)O1.[Cl-].[Cl-]. The van der Waals surface area contributed by atoms with Gasteiger partial charge in [0.2, 0.25) is 0 Å². The van der Waals surface area contributed by atoms with Gasteiger partial charge in [0.25, 0.3) is 0 Å². The molecule has 87 heavy (non-hydrogen) atoms. The van der Waals surface area contributed by atoms with Gasteiger partial charge in [0.05, 0.1) is 114 Å². The van der Waals surface area contributed by atoms with E-state index >= 15 is 0 Å². The number of aliphatic hydroxyl groups excluding tert-OH is 4. The Hall–Kier alpha value is -1.75. The molecule has 0 aliphatic carbocycles. The van der Waals surface area contributed by atoms with E-state index in [9.17, 15) is 10.2 Å². The molecule has 2 aliphatic heterocycles. The minimum atomic E-state index is -2.13. The highest BCUT2D eigenvalue weighted by Gasteiger charge is 2.47. The Morgan fingerprint density at radius 2 is 0.989 bits per heavy atom. The van der Waals surface area contributed by atoms with Crippen LogP contribution in [0.5, 0.6) is 0 Å². The maximum absolute atomic E-state index is 9.68. The van der Waals surface area contributed by atoms with E-state index in [1.54, 1.807) is 0 Å². The molecule has 1 spiro atoms. The van der Waals surface area contributed by atoms with Crippen molar-refractivity contribution in [3.63, 3.8) is 0 Å². The van der Waals surface area contributed by atoms with Gasteiger partial charge in [-0.2, -0.15) is 4.99 Å². The number of hydrogen-bond acceptors (Lipinski definition) is 18. The second-order valence-corrected chi connectivity index (χ2v) is 25.6. The molecule has 0 aromatic carbocycles. The summed E-state index contributed by atoms with van der Waals surface area (Å²) in [6.45, 7) is 20.6. The van der Waals surface area contributed by atoms with E-state index in [1.807, 2.05) is 19.0 Å². The fourth-order valence-corrected chi connectivity index (χ4v) is 9.87. The molecule has 2 saturated heterocycles. The highest BCUT2D eigenvalue weighted by Crippen LogP contribution is 2.29. The van der Waals surface area contributed by atoms with Gasteiger partial charge in [-0.1, -0.05) is 44.9 Å². The number of likely N-dealkylation sites (N-methyl/N-ethyl adjacent to an activating group) is 4. The number of nitrogens with two attached hydrogens (primary N) is 6. The number of unbranched alkanes of at least 4 members (excludes halogenated alkanes) is 12. The monoisotopic (exact) mass is 1300 g/mol. The van der Waals surface area contributed by atoms with Crippen LogP contribution in [-0.4, -0.2) is 343 Å². The van der Waals surface area contributed by atoms with Gasteiger partial charge in [-0.05, 0) is 111 Å². The summed E-state index contributed by atoms with van der Waals surface area (Å²) in [4.78, 5) is 22.3. The van der Waals surface area contributed by atoms with Crippen molar-refractivity contribution < 1.29 is 87.8 Å². The van der Waals surface area contributed by atoms with Crippen molar-refractivity contribution in [2.24, 2.45) is 34.4 Å². The van der Waals surface area contributed by atoms with Crippen molar-refractivity contribution >= 4 is 25.6 Å². The number of nitrogens with one attached hydrogen (secondary N) is 4. The second kappa shape index (κ2) is 55.9. The predicted octanol–water partition coefficient (Wildman–Crippen LogP) is -12.8. The lowest BCUT2D eigenvalue weighted by atomic mass is 10.1. The van der Waals surface area contributed by atoms with E-state index in [0.29, 0.717) is 51.3 Å². The van der Waals surface area contributed by atoms with Gasteiger partial charge < -0.3 is 106 Å². The van der Waals surface area contributed by atoms with Gasteiger partial charge in [-0.15, -0.1) is 0 Å². The largest absolute Gasteiger partial charge is 1.00 e. The van der Waals surface area contributed by atoms with Crippen LogP contribution in [0.25, 0.3) is 0 Å². The molecule has 2 heterocycles. The Morgan fingerprint density at radius 1 is 0.563 bits per heavy atom. The first-order valence-electron chi connectivity index (χ1n) is 32.4. The summed E-state index contributed by atoms with van der Waals surface area (Å²) in [6.07, 6.45) is 16.9. The van der Waals surface area contributed by atoms with Gasteiger partial charge in [0, 0.05) is 90.9 Å². The third kappa shape index (κ3) is 52.4. The molecule has 2 fully saturated rings. The Labute approximate surface area is 541 Å². The van der Waals surface area contributed by atoms with E-state index in [-0.39, 0.29) is 50.2 Å². The molecule has 0 saturated carbocycles. The summed E-state index contributed by atoms with van der Waals surface area (Å²) in [5.74, 6) is 1.14. The van der Waals surface area contributed by atoms with E-state index in [0.717, 1.165) is 185 Å². The van der Waals surface area contributed by atoms with Crippen LogP contribution in [0.2, 0.25) is 0 Å². The number of guanidine groups is 2. The molecule has 0 aromatic heterocycles. The van der Waals surface area contributed by atoms with Gasteiger partial charge in [-0.25, -0.2) is 10.7 Å². The Bertz CT molecular complexity index is 1640. The third-order valence-corrected chi connectivity index (χ3v) is 14.8. The standard InChI is InChI=1S/C29H66BN9O4.C17H37N5O2.C12H31N4O2.2ClH/c1-34-29(33)35-16-11-7-9-13-18-37(17-12-8-6-10-14-31)23-28-25-41-30(43-28)40-24-27(42-30)22-36(2)26-38(19-15-32)20-21-39(3,4)5;1-20-17(19)21-11-7-3-5-9-13-22(14-16(24)15-23)12-8-4-2-6-10-18;1-14(9-12(18)10-17)11-15(6-5-13)7-8-16(2,3)4;;/h27-28H,6-26,31-32H2,1-5H3,(H3,33,34,35);16,23-24H,1-15,18H2,(H2,19,21);12,17-18H,5-11,13H2,1-4H3;2*1H/q;;+1;;/p+1. The Balaban J connectivity index is -0.00000135. The lowest BCUT2D eigenvalue weighted by molar-refractivity contribution is -0.869. The molecule has 0 radical (unpaired) electrons. The summed E-state index contributed by atoms with van der Waals surface area (Å²) >= 11 is 0. The minimum Gasteiger partial charge on any atom is -1.00 e. The number of quaternary nitrogens is 2. The van der Waals surface area contributed by atoms with E-state index in [4.69, 9.17) is 63.2 Å². The number of aliphatic hydroxyl groups is 4. The van der Waals surface area contributed by atoms with Crippen molar-refractivity contribution in [3.05, 3.63) is 0 Å². The molecular weight excluding hydrogens is 1160 g/mol. The number of halogens is 2. The molecule has 20 N–H and O–H groups in total. The molecular formula is C58H137BCl2N18O8+2. The van der Waals surface area contributed by atoms with Crippen molar-refractivity contribution in [2.75, 3.05) is 234 Å². The van der Waals surface area contributed by atoms with Crippen LogP contribution in [0.3, 0.4) is 0 Å². The summed E-state index contributed by atoms with van der Waals surface area (Å²) in [7, 11) is 19.0. The fraction of sp³-hybridized carbons (Fsp3) is 0.948. The van der Waals surface area contributed by atoms with Gasteiger partial charge in [0.15, 0.2) is 0 Å². The zero-order chi connectivity index (χ0) is 63.8. The fourth-order valence-electron chi connectivity index (χ4n) is 9.87. The Kier molecular flexibility index (Phi) is 57.4. The summed E-state index contributed by atoms with van der Waals surface area (Å²) in [5, 5.41) is 40.1. The predicted molar refractivity (Wildman–Crippen MR) is 348 cm³/mol. The van der Waals surface area contributed by atoms with Crippen LogP contribution in [0, 0.1) is 0 Å². The lowest BCUT2D eigenvalue weighted by Gasteiger charge is -2.33. The van der Waals surface area contributed by atoms with Gasteiger partial charge in [0.1, 0.15) is 6.54 Å². The molecule has 0 aromatic rings. The average Bonchev–Trinajstić information content (AvgIpc) is 1.75. The number of rotatable bonds is 50. The highest BCUT2D eigenvalue weighted by atomic mass is 35.5. The van der Waals surface area contributed by atoms with Gasteiger partial charge >= 0.3 is 18.9 Å². The zero-order valence-electron chi connectivity index (χ0n) is 56.5. The van der Waals surface area contributed by atoms with E-state index in [1.165, 1.54) is 44.9 Å². The number of nitrogens with zero attached hydrogens (tertiary/aromatic N) is 8. The quantitative estimate of drug-likeness (QED) is 0.00672. The normalized spacial score (nSPS) is 18.1. The van der Waals surface area contributed by atoms with E-state index < -0.39 is 19.2 Å². The van der Waals surface area contributed by atoms with Crippen molar-refractivity contribution in [1.82, 2.24) is 34.7 Å². The molecule has 29 heteroatoms. The second-order valence-electron chi connectivity index (χ2n) is 25.6. The minimum absolute atomic E-state index is 0. The van der Waals surface area contributed by atoms with Crippen molar-refractivity contribution in [2.45, 2.75) is 127 Å². The smallest absolute Gasteiger partial charge is 0.531 e. The maximum atomic E-state index is 9.68. The van der Waals surface area contributed by atoms with Crippen LogP contribution in [0.15, 0.2) is 0 Å². The van der Waals surface area contributed by atoms with Crippen LogP contribution >= 0.6 is 0 Å². The summed E-state index contributed by atoms with van der Waals surface area (Å²) < 4.78 is 26.6. The first-order chi connectivity index (χ1) is 40.5. The van der Waals surface area contributed by atoms with Crippen LogP contribution < -0.4 is 79.5 Å². The van der Waals surface area contributed by atoms with Crippen molar-refractivity contribution in [3.8, 4) is 0 Å². The van der Waals surface area contributed by atoms with Crippen LogP contribution in [0.1, 0.15) is 103 Å². The highest BCUT2D eigenvalue weighted by molar-refractivity contribution is 6.54. The molecule has 5 unspecified atom stereocenters. The van der Waals surface area contributed by atoms with Crippen molar-refractivity contribution in [1.29, 1.82) is 0 Å². The topological polar surface area (TPSA) is 347 Å². The van der Waals surface area contributed by atoms with Crippen LogP contribution in [-0.2, 0) is 18.6 Å². The summed E-state index contributed by atoms with van der Waals surface area (Å²) in [6, 6.07) is 0. The molecule has 0 amide bonds. The first-order valence-corrected chi connectivity index (χ1v) is 32.4. The number of hydrogen-bond donors (Lipinski definition) is 14. The van der Waals surface area contributed by atoms with E-state index in [2.05, 4.69) is 101 Å². The maximum Gasteiger partial charge on any atom is 0.531 e. The van der Waals surface area contributed by atoms with Crippen LogP contribution in [0.4, 0.5) is 0 Å². The zero-order valence-corrected chi connectivity index (χ0v) is 58.0. The molecule has 2 aliphatic rings. The summed E-state index contributed by atoms with van der Waals surface area (Å²) in [5.41, 5.74) is 34.0. The third-order valence-electron chi connectivity index (χ3n) is 14.8. The molecule has 26 nitrogen and oxygen atoms in total. The molecule has 5 atom stereocenters. The molecule has 522 valence electrons.